The molecule has 13 heteroatoms. The molecule has 0 saturated carbocycles. The molecule has 0 fully saturated rings. The number of hydrogen-bond donors (Lipinski definition) is 0. The van der Waals surface area contributed by atoms with Crippen molar-refractivity contribution in [2.45, 2.75) is 142 Å². The standard InChI is InChI=1S/2C14H30O5S.Zn/c2*1-2-3-4-5-6-7-8-9-10-11-12-18-13-14-19-20(15,16)17;/h2*2-14H2,1H3,(H,15,16,17);/q;;+2/p-2. The van der Waals surface area contributed by atoms with Crippen LogP contribution in [0, 0.1) is 0 Å². The molecule has 0 aromatic rings. The monoisotopic (exact) mass is 682 g/mol. The van der Waals surface area contributed by atoms with Gasteiger partial charge in [-0.15, -0.1) is 0 Å². The van der Waals surface area contributed by atoms with Crippen molar-refractivity contribution in [3.63, 3.8) is 0 Å². The van der Waals surface area contributed by atoms with Gasteiger partial charge in [0.2, 0.25) is 20.8 Å². The van der Waals surface area contributed by atoms with Gasteiger partial charge >= 0.3 is 19.5 Å². The smallest absolute Gasteiger partial charge is 0.726 e. The van der Waals surface area contributed by atoms with Gasteiger partial charge in [-0.3, -0.25) is 8.37 Å². The molecule has 0 heterocycles. The third-order valence-corrected chi connectivity index (χ3v) is 7.11. The van der Waals surface area contributed by atoms with Crippen LogP contribution in [-0.4, -0.2) is 65.6 Å². The Labute approximate surface area is 265 Å². The van der Waals surface area contributed by atoms with Crippen LogP contribution in [0.5, 0.6) is 0 Å². The fourth-order valence-corrected chi connectivity index (χ4v) is 4.52. The van der Waals surface area contributed by atoms with Gasteiger partial charge in [-0.1, -0.05) is 129 Å². The minimum Gasteiger partial charge on any atom is -0.726 e. The molecule has 0 saturated heterocycles. The average molecular weight is 684 g/mol. The van der Waals surface area contributed by atoms with E-state index in [9.17, 15) is 25.9 Å². The van der Waals surface area contributed by atoms with E-state index in [1.54, 1.807) is 0 Å². The molecule has 0 amide bonds. The van der Waals surface area contributed by atoms with Crippen LogP contribution >= 0.6 is 0 Å². The van der Waals surface area contributed by atoms with Crippen LogP contribution in [0.15, 0.2) is 0 Å². The second-order valence-electron chi connectivity index (χ2n) is 10.0. The van der Waals surface area contributed by atoms with Gasteiger partial charge in [-0.25, -0.2) is 16.8 Å². The Morgan fingerprint density at radius 1 is 0.390 bits per heavy atom. The van der Waals surface area contributed by atoms with Gasteiger partial charge in [-0.2, -0.15) is 0 Å². The molecule has 10 nitrogen and oxygen atoms in total. The summed E-state index contributed by atoms with van der Waals surface area (Å²) >= 11 is 0. The van der Waals surface area contributed by atoms with Crippen LogP contribution in [0.3, 0.4) is 0 Å². The summed E-state index contributed by atoms with van der Waals surface area (Å²) in [6, 6.07) is 0. The van der Waals surface area contributed by atoms with Gasteiger partial charge in [0.15, 0.2) is 0 Å². The van der Waals surface area contributed by atoms with Crippen molar-refractivity contribution in [3.05, 3.63) is 0 Å². The Kier molecular flexibility index (Phi) is 38.8. The molecule has 0 rings (SSSR count). The molecule has 0 aromatic heterocycles. The van der Waals surface area contributed by atoms with Crippen molar-refractivity contribution in [2.75, 3.05) is 39.6 Å². The van der Waals surface area contributed by atoms with Gasteiger partial charge in [0, 0.05) is 13.2 Å². The maximum absolute atomic E-state index is 10.1. The summed E-state index contributed by atoms with van der Waals surface area (Å²) in [7, 11) is -9.14. The van der Waals surface area contributed by atoms with E-state index in [0.717, 1.165) is 25.7 Å². The van der Waals surface area contributed by atoms with Crippen LogP contribution in [0.2, 0.25) is 0 Å². The Morgan fingerprint density at radius 3 is 0.878 bits per heavy atom. The molecule has 244 valence electrons. The van der Waals surface area contributed by atoms with Crippen molar-refractivity contribution < 1.29 is 63.3 Å². The molecule has 0 aromatic carbocycles. The Bertz CT molecular complexity index is 647. The van der Waals surface area contributed by atoms with Crippen molar-refractivity contribution >= 4 is 20.8 Å². The Morgan fingerprint density at radius 2 is 0.634 bits per heavy atom. The zero-order chi connectivity index (χ0) is 30.2. The van der Waals surface area contributed by atoms with Crippen molar-refractivity contribution in [3.8, 4) is 0 Å². The zero-order valence-electron chi connectivity index (χ0n) is 26.0. The minimum absolute atomic E-state index is 0. The maximum Gasteiger partial charge on any atom is 2.00 e. The van der Waals surface area contributed by atoms with Gasteiger partial charge in [0.05, 0.1) is 26.4 Å². The molecule has 0 radical (unpaired) electrons. The number of unbranched alkanes of at least 4 members (excludes halogenated alkanes) is 18. The molecular weight excluding hydrogens is 626 g/mol. The summed E-state index contributed by atoms with van der Waals surface area (Å²) < 4.78 is 79.1. The Balaban J connectivity index is -0.000000688. The third kappa shape index (κ3) is 50.2. The molecule has 41 heavy (non-hydrogen) atoms. The summed E-state index contributed by atoms with van der Waals surface area (Å²) in [6.07, 6.45) is 25.3. The van der Waals surface area contributed by atoms with Crippen molar-refractivity contribution in [2.24, 2.45) is 0 Å². The van der Waals surface area contributed by atoms with Crippen LogP contribution in [0.25, 0.3) is 0 Å². The molecule has 0 aliphatic heterocycles. The maximum atomic E-state index is 10.1. The van der Waals surface area contributed by atoms with Gasteiger partial charge in [-0.05, 0) is 12.8 Å². The molecule has 0 aliphatic rings. The van der Waals surface area contributed by atoms with E-state index in [4.69, 9.17) is 9.47 Å². The van der Waals surface area contributed by atoms with Crippen molar-refractivity contribution in [1.29, 1.82) is 0 Å². The number of hydrogen-bond acceptors (Lipinski definition) is 10. The van der Waals surface area contributed by atoms with E-state index in [0.29, 0.717) is 13.2 Å². The first kappa shape index (κ1) is 45.7. The van der Waals surface area contributed by atoms with Gasteiger partial charge < -0.3 is 18.6 Å². The average Bonchev–Trinajstić information content (AvgIpc) is 2.88. The predicted molar refractivity (Wildman–Crippen MR) is 157 cm³/mol. The topological polar surface area (TPSA) is 151 Å². The van der Waals surface area contributed by atoms with Crippen LogP contribution in [-0.2, 0) is 58.1 Å². The van der Waals surface area contributed by atoms with Crippen molar-refractivity contribution in [1.82, 2.24) is 0 Å². The first-order valence-electron chi connectivity index (χ1n) is 15.5. The minimum atomic E-state index is -4.57. The third-order valence-electron chi connectivity index (χ3n) is 6.20. The molecule has 0 bridgehead atoms. The largest absolute Gasteiger partial charge is 2.00 e. The summed E-state index contributed by atoms with van der Waals surface area (Å²) in [6.45, 7) is 5.57. The number of ether oxygens (including phenoxy) is 2. The fourth-order valence-electron chi connectivity index (χ4n) is 3.98. The molecular formula is C28H58O10S2Zn. The van der Waals surface area contributed by atoms with E-state index < -0.39 is 20.8 Å². The van der Waals surface area contributed by atoms with E-state index >= 15 is 0 Å². The van der Waals surface area contributed by atoms with E-state index in [1.807, 2.05) is 0 Å². The molecule has 0 N–H and O–H groups in total. The Hall–Kier alpha value is 0.283. The van der Waals surface area contributed by atoms with Gasteiger partial charge in [0.25, 0.3) is 0 Å². The predicted octanol–water partition coefficient (Wildman–Crippen LogP) is 6.80. The van der Waals surface area contributed by atoms with E-state index in [2.05, 4.69) is 22.2 Å². The summed E-state index contributed by atoms with van der Waals surface area (Å²) in [5.74, 6) is 0. The number of rotatable bonds is 30. The summed E-state index contributed by atoms with van der Waals surface area (Å²) in [4.78, 5) is 0. The quantitative estimate of drug-likeness (QED) is 0.0342. The summed E-state index contributed by atoms with van der Waals surface area (Å²) in [5.41, 5.74) is 0. The first-order chi connectivity index (χ1) is 19.1. The fraction of sp³-hybridized carbons (Fsp3) is 1.00. The second-order valence-corrected chi connectivity index (χ2v) is 12.2. The molecule has 0 unspecified atom stereocenters. The SMILES string of the molecule is CCCCCCCCCCCCOCCOS(=O)(=O)[O-].CCCCCCCCCCCCOCCOS(=O)(=O)[O-].[Zn+2]. The molecule has 0 spiro atoms. The molecule has 0 aliphatic carbocycles. The summed E-state index contributed by atoms with van der Waals surface area (Å²) in [5, 5.41) is 0. The second kappa shape index (κ2) is 34.8. The molecule has 0 atom stereocenters. The van der Waals surface area contributed by atoms with E-state index in [-0.39, 0.29) is 45.9 Å². The zero-order valence-corrected chi connectivity index (χ0v) is 30.6. The van der Waals surface area contributed by atoms with Gasteiger partial charge in [0.1, 0.15) is 0 Å². The first-order valence-corrected chi connectivity index (χ1v) is 18.1. The van der Waals surface area contributed by atoms with E-state index in [1.165, 1.54) is 103 Å². The normalized spacial score (nSPS) is 11.6. The van der Waals surface area contributed by atoms with Crippen LogP contribution < -0.4 is 0 Å². The van der Waals surface area contributed by atoms with Crippen LogP contribution in [0.4, 0.5) is 0 Å². The van der Waals surface area contributed by atoms with Crippen LogP contribution in [0.1, 0.15) is 142 Å².